The molecule has 3 heteroatoms. The lowest BCUT2D eigenvalue weighted by Gasteiger charge is -2.33. The zero-order valence-corrected chi connectivity index (χ0v) is 18.5. The van der Waals surface area contributed by atoms with Crippen molar-refractivity contribution in [3.8, 4) is 0 Å². The summed E-state index contributed by atoms with van der Waals surface area (Å²) in [6.07, 6.45) is 4.17. The van der Waals surface area contributed by atoms with Gasteiger partial charge in [-0.1, -0.05) is 116 Å². The van der Waals surface area contributed by atoms with Gasteiger partial charge in [0.15, 0.2) is 0 Å². The minimum absolute atomic E-state index is 0.0352. The Kier molecular flexibility index (Phi) is 8.48. The maximum atomic E-state index is 13.4. The van der Waals surface area contributed by atoms with Crippen LogP contribution in [-0.2, 0) is 0 Å². The van der Waals surface area contributed by atoms with Gasteiger partial charge in [0.25, 0.3) is 0 Å². The molecule has 0 atom stereocenters. The molecule has 0 bridgehead atoms. The van der Waals surface area contributed by atoms with Crippen molar-refractivity contribution in [2.75, 3.05) is 13.1 Å². The van der Waals surface area contributed by atoms with E-state index in [1.165, 1.54) is 0 Å². The van der Waals surface area contributed by atoms with Gasteiger partial charge in [0.05, 0.1) is 6.04 Å². The molecule has 0 unspecified atom stereocenters. The molecule has 0 heterocycles. The van der Waals surface area contributed by atoms with E-state index in [1.54, 1.807) is 0 Å². The highest BCUT2D eigenvalue weighted by atomic mass is 16.2. The number of benzene rings is 3. The Hall–Kier alpha value is -3.33. The molecule has 0 aliphatic heterocycles. The molecule has 1 N–H and O–H groups in total. The summed E-state index contributed by atoms with van der Waals surface area (Å²) in [5.74, 6) is 0. The van der Waals surface area contributed by atoms with E-state index in [4.69, 9.17) is 0 Å². The molecule has 160 valence electrons. The number of urea groups is 1. The fourth-order valence-electron chi connectivity index (χ4n) is 3.73. The normalized spacial score (nSPS) is 11.4. The lowest BCUT2D eigenvalue weighted by atomic mass is 9.96. The molecule has 0 spiro atoms. The monoisotopic (exact) mass is 412 g/mol. The van der Waals surface area contributed by atoms with Crippen LogP contribution in [0.25, 0.3) is 6.08 Å². The number of unbranched alkanes of at least 4 members (excludes halogenated alkanes) is 1. The molecule has 3 rings (SSSR count). The predicted octanol–water partition coefficient (Wildman–Crippen LogP) is 6.69. The van der Waals surface area contributed by atoms with Crippen molar-refractivity contribution in [1.29, 1.82) is 0 Å². The second-order valence-corrected chi connectivity index (χ2v) is 7.84. The lowest BCUT2D eigenvalue weighted by Crippen LogP contribution is -2.43. The number of hydrogen-bond acceptors (Lipinski definition) is 1. The first-order valence-corrected chi connectivity index (χ1v) is 11.1. The van der Waals surface area contributed by atoms with Gasteiger partial charge in [-0.25, -0.2) is 4.79 Å². The lowest BCUT2D eigenvalue weighted by molar-refractivity contribution is 0.189. The first kappa shape index (κ1) is 22.4. The fourth-order valence-corrected chi connectivity index (χ4v) is 3.73. The number of nitrogens with one attached hydrogen (secondary N) is 1. The van der Waals surface area contributed by atoms with Crippen molar-refractivity contribution in [3.63, 3.8) is 0 Å². The Labute approximate surface area is 186 Å². The number of nitrogens with zero attached hydrogens (tertiary/aromatic N) is 1. The predicted molar refractivity (Wildman–Crippen MR) is 130 cm³/mol. The molecular formula is C28H32N2O. The molecule has 3 aromatic carbocycles. The molecule has 0 saturated carbocycles. The van der Waals surface area contributed by atoms with Crippen molar-refractivity contribution in [2.24, 2.45) is 0 Å². The summed E-state index contributed by atoms with van der Waals surface area (Å²) in [6, 6.07) is 30.6. The van der Waals surface area contributed by atoms with Crippen molar-refractivity contribution in [1.82, 2.24) is 10.2 Å². The molecule has 3 nitrogen and oxygen atoms in total. The van der Waals surface area contributed by atoms with E-state index in [2.05, 4.69) is 61.6 Å². The van der Waals surface area contributed by atoms with Crippen LogP contribution in [-0.4, -0.2) is 24.0 Å². The number of hydrogen-bond donors (Lipinski definition) is 1. The second kappa shape index (κ2) is 11.8. The molecule has 0 aliphatic rings. The molecular weight excluding hydrogens is 380 g/mol. The van der Waals surface area contributed by atoms with Crippen LogP contribution in [0.5, 0.6) is 0 Å². The van der Waals surface area contributed by atoms with Gasteiger partial charge in [0.2, 0.25) is 0 Å². The number of amides is 2. The smallest absolute Gasteiger partial charge is 0.318 e. The van der Waals surface area contributed by atoms with Crippen molar-refractivity contribution >= 4 is 12.1 Å². The Balaban J connectivity index is 1.97. The van der Waals surface area contributed by atoms with Gasteiger partial charge in [-0.2, -0.15) is 0 Å². The summed E-state index contributed by atoms with van der Waals surface area (Å²) >= 11 is 0. The molecule has 3 aromatic rings. The van der Waals surface area contributed by atoms with Crippen LogP contribution in [0, 0.1) is 0 Å². The topological polar surface area (TPSA) is 32.3 Å². The van der Waals surface area contributed by atoms with E-state index in [9.17, 15) is 4.79 Å². The minimum atomic E-state index is -0.164. The van der Waals surface area contributed by atoms with Gasteiger partial charge in [-0.05, 0) is 30.0 Å². The van der Waals surface area contributed by atoms with Gasteiger partial charge in [-0.15, -0.1) is 0 Å². The highest BCUT2D eigenvalue weighted by Crippen LogP contribution is 2.29. The average Bonchev–Trinajstić information content (AvgIpc) is 2.81. The summed E-state index contributed by atoms with van der Waals surface area (Å²) in [5, 5.41) is 3.13. The van der Waals surface area contributed by atoms with Gasteiger partial charge in [0.1, 0.15) is 0 Å². The maximum Gasteiger partial charge on any atom is 0.318 e. The zero-order valence-electron chi connectivity index (χ0n) is 18.5. The third-order valence-electron chi connectivity index (χ3n) is 5.24. The van der Waals surface area contributed by atoms with Gasteiger partial charge in [0, 0.05) is 13.1 Å². The standard InChI is InChI=1S/C28H32N2O/c1-3-4-20-29-28(31)30(22-23(2)21-24-14-8-5-9-15-24)27(25-16-10-6-11-17-25)26-18-12-7-13-19-26/h5-19,21,27H,3-4,20,22H2,1-2H3,(H,29,31)/b23-21+. The van der Waals surface area contributed by atoms with Crippen LogP contribution in [0.15, 0.2) is 96.6 Å². The molecule has 0 aliphatic carbocycles. The van der Waals surface area contributed by atoms with Crippen molar-refractivity contribution in [3.05, 3.63) is 113 Å². The summed E-state index contributed by atoms with van der Waals surface area (Å²) in [4.78, 5) is 15.3. The molecule has 0 fully saturated rings. The number of rotatable bonds is 9. The van der Waals surface area contributed by atoms with E-state index in [1.807, 2.05) is 59.5 Å². The zero-order chi connectivity index (χ0) is 21.9. The number of carbonyl (C=O) groups is 1. The SMILES string of the molecule is CCCCNC(=O)N(C/C(C)=C/c1ccccc1)C(c1ccccc1)c1ccccc1. The van der Waals surface area contributed by atoms with Crippen molar-refractivity contribution in [2.45, 2.75) is 32.7 Å². The molecule has 0 radical (unpaired) electrons. The summed E-state index contributed by atoms with van der Waals surface area (Å²) in [6.45, 7) is 5.45. The third-order valence-corrected chi connectivity index (χ3v) is 5.24. The van der Waals surface area contributed by atoms with E-state index >= 15 is 0 Å². The number of carbonyl (C=O) groups excluding carboxylic acids is 1. The van der Waals surface area contributed by atoms with Gasteiger partial charge < -0.3 is 10.2 Å². The molecule has 0 saturated heterocycles. The first-order valence-electron chi connectivity index (χ1n) is 11.1. The minimum Gasteiger partial charge on any atom is -0.338 e. The third kappa shape index (κ3) is 6.58. The first-order chi connectivity index (χ1) is 15.2. The van der Waals surface area contributed by atoms with Crippen LogP contribution < -0.4 is 5.32 Å². The fraction of sp³-hybridized carbons (Fsp3) is 0.250. The Bertz CT molecular complexity index is 913. The summed E-state index contributed by atoms with van der Waals surface area (Å²) < 4.78 is 0. The van der Waals surface area contributed by atoms with Crippen LogP contribution in [0.3, 0.4) is 0 Å². The molecule has 0 aromatic heterocycles. The van der Waals surface area contributed by atoms with E-state index in [0.717, 1.165) is 35.1 Å². The largest absolute Gasteiger partial charge is 0.338 e. The summed E-state index contributed by atoms with van der Waals surface area (Å²) in [7, 11) is 0. The van der Waals surface area contributed by atoms with Crippen LogP contribution in [0.4, 0.5) is 4.79 Å². The second-order valence-electron chi connectivity index (χ2n) is 7.84. The van der Waals surface area contributed by atoms with Crippen LogP contribution >= 0.6 is 0 Å². The van der Waals surface area contributed by atoms with Gasteiger partial charge in [-0.3, -0.25) is 0 Å². The van der Waals surface area contributed by atoms with E-state index < -0.39 is 0 Å². The summed E-state index contributed by atoms with van der Waals surface area (Å²) in [5.41, 5.74) is 4.48. The molecule has 2 amide bonds. The maximum absolute atomic E-state index is 13.4. The Morgan fingerprint density at radius 2 is 1.39 bits per heavy atom. The van der Waals surface area contributed by atoms with E-state index in [0.29, 0.717) is 13.1 Å². The Morgan fingerprint density at radius 1 is 0.871 bits per heavy atom. The van der Waals surface area contributed by atoms with Gasteiger partial charge >= 0.3 is 6.03 Å². The quantitative estimate of drug-likeness (QED) is 0.390. The van der Waals surface area contributed by atoms with Crippen LogP contribution in [0.2, 0.25) is 0 Å². The van der Waals surface area contributed by atoms with Crippen LogP contribution in [0.1, 0.15) is 49.4 Å². The van der Waals surface area contributed by atoms with E-state index in [-0.39, 0.29) is 12.1 Å². The highest BCUT2D eigenvalue weighted by molar-refractivity contribution is 5.76. The highest BCUT2D eigenvalue weighted by Gasteiger charge is 2.26. The Morgan fingerprint density at radius 3 is 1.90 bits per heavy atom. The average molecular weight is 413 g/mol. The van der Waals surface area contributed by atoms with Crippen molar-refractivity contribution < 1.29 is 4.79 Å². The molecule has 31 heavy (non-hydrogen) atoms.